The second kappa shape index (κ2) is 8.36. The minimum Gasteiger partial charge on any atom is -0.465 e. The van der Waals surface area contributed by atoms with E-state index in [1.165, 1.54) is 30.6 Å². The molecule has 0 fully saturated rings. The molecule has 3 rings (SSSR count). The second-order valence-corrected chi connectivity index (χ2v) is 6.14. The lowest BCUT2D eigenvalue weighted by molar-refractivity contribution is 0.0607. The first-order valence-corrected chi connectivity index (χ1v) is 8.09. The number of methoxy groups -OCH3 is 1. The third-order valence-corrected chi connectivity index (χ3v) is 4.52. The van der Waals surface area contributed by atoms with Crippen LogP contribution in [0.4, 0.5) is 4.39 Å². The Bertz CT molecular complexity index is 855. The van der Waals surface area contributed by atoms with E-state index in [0.717, 1.165) is 16.0 Å². The Kier molecular flexibility index (Phi) is 6.21. The number of carbonyl (C=O) groups excluding carboxylic acids is 1. The number of nitrogens with zero attached hydrogens (tertiary/aromatic N) is 2. The van der Waals surface area contributed by atoms with Gasteiger partial charge in [0, 0.05) is 29.4 Å². The molecule has 0 aliphatic carbocycles. The van der Waals surface area contributed by atoms with E-state index in [1.54, 1.807) is 24.7 Å². The summed E-state index contributed by atoms with van der Waals surface area (Å²) in [4.78, 5) is 17.4. The Morgan fingerprint density at radius 2 is 2.12 bits per heavy atom. The molecule has 2 aromatic heterocycles. The number of ether oxygens (including phenoxy) is 1. The number of hydrogen-bond donors (Lipinski definition) is 0. The molecule has 1 aromatic carbocycles. The number of allylic oxidation sites excluding steroid dienone is 1. The summed E-state index contributed by atoms with van der Waals surface area (Å²) in [7, 11) is 1.35. The summed E-state index contributed by atoms with van der Waals surface area (Å²) in [5, 5.41) is 0. The third kappa shape index (κ3) is 4.40. The monoisotopic (exact) mass is 360 g/mol. The largest absolute Gasteiger partial charge is 0.465 e. The van der Waals surface area contributed by atoms with Gasteiger partial charge in [-0.1, -0.05) is 18.2 Å². The molecule has 0 unspecified atom stereocenters. The molecule has 3 aromatic rings. The number of benzene rings is 1. The van der Waals surface area contributed by atoms with E-state index in [-0.39, 0.29) is 11.3 Å². The van der Waals surface area contributed by atoms with Gasteiger partial charge in [-0.25, -0.2) is 14.2 Å². The normalized spacial score (nSPS) is 10.6. The number of thiophene rings is 1. The minimum absolute atomic E-state index is 0. The number of carbonyl (C=O) groups is 1. The molecule has 2 heterocycles. The number of halogens is 1. The zero-order valence-corrected chi connectivity index (χ0v) is 14.3. The fraction of sp³-hybridized carbons (Fsp3) is 0.111. The van der Waals surface area contributed by atoms with E-state index in [9.17, 15) is 9.18 Å². The summed E-state index contributed by atoms with van der Waals surface area (Å²) >= 11 is 1.35. The summed E-state index contributed by atoms with van der Waals surface area (Å²) in [6, 6.07) is 7.98. The van der Waals surface area contributed by atoms with Crippen LogP contribution in [0, 0.1) is 5.82 Å². The maximum atomic E-state index is 13.1. The van der Waals surface area contributed by atoms with Crippen LogP contribution in [0.3, 0.4) is 0 Å². The van der Waals surface area contributed by atoms with Gasteiger partial charge in [-0.3, -0.25) is 0 Å². The fourth-order valence-corrected chi connectivity index (χ4v) is 3.30. The first-order valence-electron chi connectivity index (χ1n) is 7.28. The smallest absolute Gasteiger partial charge is 0.348 e. The molecule has 0 saturated heterocycles. The fourth-order valence-electron chi connectivity index (χ4n) is 2.27. The summed E-state index contributed by atoms with van der Waals surface area (Å²) in [6.07, 6.45) is 9.28. The maximum absolute atomic E-state index is 13.1. The van der Waals surface area contributed by atoms with Crippen LogP contribution in [-0.2, 0) is 11.3 Å². The van der Waals surface area contributed by atoms with Gasteiger partial charge in [0.2, 0.25) is 0 Å². The van der Waals surface area contributed by atoms with Gasteiger partial charge in [0.25, 0.3) is 0 Å². The highest BCUT2D eigenvalue weighted by molar-refractivity contribution is 7.15. The third-order valence-electron chi connectivity index (χ3n) is 3.43. The SMILES string of the molecule is COC(=O)c1sc(C=CCn2ccnc2)cc1-c1ccc(F)cc1.O. The van der Waals surface area contributed by atoms with Gasteiger partial charge in [-0.2, -0.15) is 0 Å². The van der Waals surface area contributed by atoms with Crippen LogP contribution in [-0.4, -0.2) is 28.1 Å². The number of esters is 1. The molecule has 2 N–H and O–H groups in total. The number of aromatic nitrogens is 2. The predicted molar refractivity (Wildman–Crippen MR) is 95.9 cm³/mol. The minimum atomic E-state index is -0.395. The highest BCUT2D eigenvalue weighted by atomic mass is 32.1. The topological polar surface area (TPSA) is 75.6 Å². The van der Waals surface area contributed by atoms with E-state index >= 15 is 0 Å². The van der Waals surface area contributed by atoms with Crippen LogP contribution in [0.5, 0.6) is 0 Å². The first-order chi connectivity index (χ1) is 11.7. The van der Waals surface area contributed by atoms with E-state index < -0.39 is 5.97 Å². The molecule has 0 amide bonds. The van der Waals surface area contributed by atoms with Crippen molar-refractivity contribution in [1.29, 1.82) is 0 Å². The molecule has 0 aliphatic rings. The van der Waals surface area contributed by atoms with Gasteiger partial charge in [-0.15, -0.1) is 11.3 Å². The highest BCUT2D eigenvalue weighted by Crippen LogP contribution is 2.33. The van der Waals surface area contributed by atoms with Gasteiger partial charge >= 0.3 is 5.97 Å². The van der Waals surface area contributed by atoms with Crippen molar-refractivity contribution >= 4 is 23.4 Å². The van der Waals surface area contributed by atoms with Crippen molar-refractivity contribution in [3.8, 4) is 11.1 Å². The number of imidazole rings is 1. The van der Waals surface area contributed by atoms with Gasteiger partial charge in [-0.05, 0) is 29.8 Å². The molecule has 0 aliphatic heterocycles. The Hall–Kier alpha value is -2.77. The molecular formula is C18H17FN2O3S. The number of hydrogen-bond acceptors (Lipinski definition) is 4. The second-order valence-electron chi connectivity index (χ2n) is 5.05. The summed E-state index contributed by atoms with van der Waals surface area (Å²) in [6.45, 7) is 0.692. The number of rotatable bonds is 5. The van der Waals surface area contributed by atoms with E-state index in [2.05, 4.69) is 4.98 Å². The molecule has 0 radical (unpaired) electrons. The van der Waals surface area contributed by atoms with Crippen molar-refractivity contribution in [3.63, 3.8) is 0 Å². The lowest BCUT2D eigenvalue weighted by Gasteiger charge is -2.02. The molecule has 0 saturated carbocycles. The molecule has 0 bridgehead atoms. The highest BCUT2D eigenvalue weighted by Gasteiger charge is 2.17. The van der Waals surface area contributed by atoms with Gasteiger partial charge in [0.1, 0.15) is 10.7 Å². The molecule has 5 nitrogen and oxygen atoms in total. The van der Waals surface area contributed by atoms with Crippen LogP contribution in [0.1, 0.15) is 14.5 Å². The standard InChI is InChI=1S/C18H15FN2O2S.H2O/c1-23-18(22)17-16(13-4-6-14(19)7-5-13)11-15(24-17)3-2-9-21-10-8-20-12-21;/h2-8,10-12H,9H2,1H3;1H2. The zero-order chi connectivity index (χ0) is 16.9. The van der Waals surface area contributed by atoms with Crippen LogP contribution < -0.4 is 0 Å². The maximum Gasteiger partial charge on any atom is 0.348 e. The quantitative estimate of drug-likeness (QED) is 0.654. The van der Waals surface area contributed by atoms with Crippen molar-refractivity contribution in [2.24, 2.45) is 0 Å². The molecule has 7 heteroatoms. The molecule has 130 valence electrons. The van der Waals surface area contributed by atoms with E-state index in [4.69, 9.17) is 4.74 Å². The Labute approximate surface area is 148 Å². The summed E-state index contributed by atoms with van der Waals surface area (Å²) in [5.74, 6) is -0.706. The molecule has 0 spiro atoms. The lowest BCUT2D eigenvalue weighted by Crippen LogP contribution is -1.99. The Morgan fingerprint density at radius 1 is 1.36 bits per heavy atom. The lowest BCUT2D eigenvalue weighted by atomic mass is 10.1. The average Bonchev–Trinajstić information content (AvgIpc) is 3.25. The van der Waals surface area contributed by atoms with Crippen LogP contribution in [0.25, 0.3) is 17.2 Å². The van der Waals surface area contributed by atoms with Gasteiger partial charge in [0.15, 0.2) is 0 Å². The zero-order valence-electron chi connectivity index (χ0n) is 13.5. The average molecular weight is 360 g/mol. The first kappa shape index (κ1) is 18.6. The Morgan fingerprint density at radius 3 is 2.76 bits per heavy atom. The van der Waals surface area contributed by atoms with Crippen molar-refractivity contribution in [3.05, 3.63) is 70.7 Å². The van der Waals surface area contributed by atoms with Gasteiger partial charge < -0.3 is 14.8 Å². The Balaban J connectivity index is 0.00000225. The van der Waals surface area contributed by atoms with Crippen molar-refractivity contribution in [2.75, 3.05) is 7.11 Å². The summed E-state index contributed by atoms with van der Waals surface area (Å²) in [5.41, 5.74) is 1.52. The molecule has 0 atom stereocenters. The van der Waals surface area contributed by atoms with Gasteiger partial charge in [0.05, 0.1) is 13.4 Å². The van der Waals surface area contributed by atoms with Crippen LogP contribution >= 0.6 is 11.3 Å². The predicted octanol–water partition coefficient (Wildman–Crippen LogP) is 3.43. The molecule has 25 heavy (non-hydrogen) atoms. The molecular weight excluding hydrogens is 343 g/mol. The van der Waals surface area contributed by atoms with Crippen LogP contribution in [0.15, 0.2) is 55.1 Å². The van der Waals surface area contributed by atoms with Crippen molar-refractivity contribution in [1.82, 2.24) is 9.55 Å². The van der Waals surface area contributed by atoms with E-state index in [0.29, 0.717) is 11.4 Å². The van der Waals surface area contributed by atoms with Crippen molar-refractivity contribution < 1.29 is 19.4 Å². The van der Waals surface area contributed by atoms with E-state index in [1.807, 2.05) is 29.0 Å². The van der Waals surface area contributed by atoms with Crippen LogP contribution in [0.2, 0.25) is 0 Å². The van der Waals surface area contributed by atoms with Crippen molar-refractivity contribution in [2.45, 2.75) is 6.54 Å². The summed E-state index contributed by atoms with van der Waals surface area (Å²) < 4.78 is 19.9.